The summed E-state index contributed by atoms with van der Waals surface area (Å²) in [6.45, 7) is 5.89. The Labute approximate surface area is 108 Å². The average molecular weight is 253 g/mol. The van der Waals surface area contributed by atoms with Gasteiger partial charge in [0, 0.05) is 16.4 Å². The Morgan fingerprint density at radius 1 is 1.59 bits per heavy atom. The molecule has 2 N–H and O–H groups in total. The minimum Gasteiger partial charge on any atom is -0.374 e. The summed E-state index contributed by atoms with van der Waals surface area (Å²) in [5.74, 6) is 0.584. The fourth-order valence-electron chi connectivity index (χ4n) is 2.47. The fourth-order valence-corrected chi connectivity index (χ4v) is 3.90. The summed E-state index contributed by atoms with van der Waals surface area (Å²) in [4.78, 5) is 3.04. The molecule has 1 heterocycles. The molecule has 0 aromatic carbocycles. The number of rotatable bonds is 5. The van der Waals surface area contributed by atoms with Crippen molar-refractivity contribution in [2.45, 2.75) is 45.6 Å². The third-order valence-corrected chi connectivity index (χ3v) is 4.66. The highest BCUT2D eigenvalue weighted by Crippen LogP contribution is 2.38. The van der Waals surface area contributed by atoms with Gasteiger partial charge < -0.3 is 10.5 Å². The van der Waals surface area contributed by atoms with Gasteiger partial charge in [0.05, 0.1) is 6.10 Å². The molecular weight excluding hydrogens is 230 g/mol. The van der Waals surface area contributed by atoms with E-state index >= 15 is 0 Å². The molecule has 3 heteroatoms. The first-order valence-electron chi connectivity index (χ1n) is 6.67. The first-order chi connectivity index (χ1) is 8.24. The van der Waals surface area contributed by atoms with Gasteiger partial charge in [-0.3, -0.25) is 0 Å². The standard InChI is InChI=1S/C14H23NOS/c1-3-16-13-5-4-6-14-12(13)8-11(17-14)7-10(2)9-15/h8,10,13H,3-7,9,15H2,1-2H3. The molecule has 1 aliphatic rings. The van der Waals surface area contributed by atoms with Crippen molar-refractivity contribution in [3.8, 4) is 0 Å². The second-order valence-electron chi connectivity index (χ2n) is 4.97. The highest BCUT2D eigenvalue weighted by atomic mass is 32.1. The van der Waals surface area contributed by atoms with Crippen LogP contribution in [0.1, 0.15) is 48.1 Å². The van der Waals surface area contributed by atoms with Crippen molar-refractivity contribution >= 4 is 11.3 Å². The van der Waals surface area contributed by atoms with E-state index in [-0.39, 0.29) is 0 Å². The number of thiophene rings is 1. The van der Waals surface area contributed by atoms with Crippen LogP contribution >= 0.6 is 11.3 Å². The summed E-state index contributed by atoms with van der Waals surface area (Å²) >= 11 is 1.97. The average Bonchev–Trinajstić information content (AvgIpc) is 2.72. The van der Waals surface area contributed by atoms with Crippen molar-refractivity contribution in [3.05, 3.63) is 21.4 Å². The van der Waals surface area contributed by atoms with Crippen LogP contribution in [0.2, 0.25) is 0 Å². The SMILES string of the molecule is CCOC1CCCc2sc(CC(C)CN)cc21. The Bertz CT molecular complexity index is 361. The van der Waals surface area contributed by atoms with Crippen molar-refractivity contribution in [1.82, 2.24) is 0 Å². The molecule has 0 amide bonds. The molecule has 96 valence electrons. The lowest BCUT2D eigenvalue weighted by atomic mass is 9.95. The molecule has 2 rings (SSSR count). The fraction of sp³-hybridized carbons (Fsp3) is 0.714. The smallest absolute Gasteiger partial charge is 0.0835 e. The van der Waals surface area contributed by atoms with Crippen molar-refractivity contribution < 1.29 is 4.74 Å². The molecule has 0 fully saturated rings. The maximum Gasteiger partial charge on any atom is 0.0835 e. The third-order valence-electron chi connectivity index (χ3n) is 3.43. The van der Waals surface area contributed by atoms with Crippen molar-refractivity contribution in [2.24, 2.45) is 11.7 Å². The second-order valence-corrected chi connectivity index (χ2v) is 6.19. The lowest BCUT2D eigenvalue weighted by Gasteiger charge is -2.22. The molecule has 17 heavy (non-hydrogen) atoms. The van der Waals surface area contributed by atoms with Crippen LogP contribution in [0.25, 0.3) is 0 Å². The van der Waals surface area contributed by atoms with Gasteiger partial charge in [-0.25, -0.2) is 0 Å². The van der Waals surface area contributed by atoms with Crippen molar-refractivity contribution in [1.29, 1.82) is 0 Å². The highest BCUT2D eigenvalue weighted by molar-refractivity contribution is 7.12. The predicted molar refractivity (Wildman–Crippen MR) is 73.5 cm³/mol. The van der Waals surface area contributed by atoms with Crippen LogP contribution in [0.5, 0.6) is 0 Å². The van der Waals surface area contributed by atoms with Gasteiger partial charge in [0.1, 0.15) is 0 Å². The molecule has 0 spiro atoms. The molecule has 0 radical (unpaired) electrons. The molecule has 1 aromatic heterocycles. The molecular formula is C14H23NOS. The van der Waals surface area contributed by atoms with Crippen LogP contribution in [0.15, 0.2) is 6.07 Å². The predicted octanol–water partition coefficient (Wildman–Crippen LogP) is 3.30. The van der Waals surface area contributed by atoms with Crippen LogP contribution in [0.4, 0.5) is 0 Å². The molecule has 0 bridgehead atoms. The third kappa shape index (κ3) is 3.09. The number of aryl methyl sites for hydroxylation is 1. The van der Waals surface area contributed by atoms with Crippen molar-refractivity contribution in [2.75, 3.05) is 13.2 Å². The normalized spacial score (nSPS) is 21.2. The van der Waals surface area contributed by atoms with E-state index in [0.717, 1.165) is 19.6 Å². The lowest BCUT2D eigenvalue weighted by molar-refractivity contribution is 0.0506. The number of ether oxygens (including phenoxy) is 1. The summed E-state index contributed by atoms with van der Waals surface area (Å²) in [5, 5.41) is 0. The second kappa shape index (κ2) is 5.98. The first-order valence-corrected chi connectivity index (χ1v) is 7.49. The summed E-state index contributed by atoms with van der Waals surface area (Å²) in [7, 11) is 0. The van der Waals surface area contributed by atoms with Crippen LogP contribution < -0.4 is 5.73 Å². The van der Waals surface area contributed by atoms with Gasteiger partial charge in [-0.2, -0.15) is 0 Å². The van der Waals surface area contributed by atoms with E-state index in [1.54, 1.807) is 4.88 Å². The molecule has 0 saturated heterocycles. The van der Waals surface area contributed by atoms with E-state index < -0.39 is 0 Å². The number of nitrogens with two attached hydrogens (primary N) is 1. The van der Waals surface area contributed by atoms with Gasteiger partial charge >= 0.3 is 0 Å². The number of hydrogen-bond donors (Lipinski definition) is 1. The van der Waals surface area contributed by atoms with E-state index in [1.165, 1.54) is 29.7 Å². The molecule has 2 nitrogen and oxygen atoms in total. The van der Waals surface area contributed by atoms with Gasteiger partial charge in [-0.05, 0) is 56.7 Å². The van der Waals surface area contributed by atoms with E-state index in [9.17, 15) is 0 Å². The van der Waals surface area contributed by atoms with Crippen molar-refractivity contribution in [3.63, 3.8) is 0 Å². The Morgan fingerprint density at radius 3 is 3.12 bits per heavy atom. The van der Waals surface area contributed by atoms with Crippen LogP contribution in [0.3, 0.4) is 0 Å². The van der Waals surface area contributed by atoms with Gasteiger partial charge in [-0.1, -0.05) is 6.92 Å². The van der Waals surface area contributed by atoms with Gasteiger partial charge in [-0.15, -0.1) is 11.3 Å². The van der Waals surface area contributed by atoms with Gasteiger partial charge in [0.25, 0.3) is 0 Å². The zero-order valence-electron chi connectivity index (χ0n) is 10.9. The largest absolute Gasteiger partial charge is 0.374 e. The van der Waals surface area contributed by atoms with E-state index in [1.807, 2.05) is 11.3 Å². The zero-order chi connectivity index (χ0) is 12.3. The lowest BCUT2D eigenvalue weighted by Crippen LogP contribution is -2.12. The molecule has 0 aliphatic heterocycles. The van der Waals surface area contributed by atoms with Crippen LogP contribution in [-0.2, 0) is 17.6 Å². The molecule has 1 aromatic rings. The Morgan fingerprint density at radius 2 is 2.41 bits per heavy atom. The van der Waals surface area contributed by atoms with Gasteiger partial charge in [0.15, 0.2) is 0 Å². The highest BCUT2D eigenvalue weighted by Gasteiger charge is 2.23. The van der Waals surface area contributed by atoms with E-state index in [0.29, 0.717) is 12.0 Å². The summed E-state index contributed by atoms with van der Waals surface area (Å²) in [6, 6.07) is 2.37. The number of hydrogen-bond acceptors (Lipinski definition) is 3. The Balaban J connectivity index is 2.12. The quantitative estimate of drug-likeness (QED) is 0.874. The zero-order valence-corrected chi connectivity index (χ0v) is 11.7. The maximum atomic E-state index is 5.84. The minimum absolute atomic E-state index is 0.349. The van der Waals surface area contributed by atoms with Crippen LogP contribution in [0, 0.1) is 5.92 Å². The molecule has 2 unspecified atom stereocenters. The first kappa shape index (κ1) is 13.1. The monoisotopic (exact) mass is 253 g/mol. The Kier molecular flexibility index (Phi) is 4.60. The summed E-state index contributed by atoms with van der Waals surface area (Å²) < 4.78 is 5.84. The topological polar surface area (TPSA) is 35.2 Å². The maximum absolute atomic E-state index is 5.84. The van der Waals surface area contributed by atoms with Gasteiger partial charge in [0.2, 0.25) is 0 Å². The Hall–Kier alpha value is -0.380. The number of fused-ring (bicyclic) bond motifs is 1. The minimum atomic E-state index is 0.349. The molecule has 1 aliphatic carbocycles. The molecule has 0 saturated carbocycles. The van der Waals surface area contributed by atoms with E-state index in [2.05, 4.69) is 19.9 Å². The van der Waals surface area contributed by atoms with Crippen LogP contribution in [-0.4, -0.2) is 13.2 Å². The van der Waals surface area contributed by atoms with E-state index in [4.69, 9.17) is 10.5 Å². The molecule has 2 atom stereocenters. The summed E-state index contributed by atoms with van der Waals surface area (Å²) in [6.07, 6.45) is 5.16. The summed E-state index contributed by atoms with van der Waals surface area (Å²) in [5.41, 5.74) is 7.16.